The van der Waals surface area contributed by atoms with Crippen molar-refractivity contribution in [3.8, 4) is 0 Å². The Morgan fingerprint density at radius 3 is 2.29 bits per heavy atom. The maximum Gasteiger partial charge on any atom is 0.281 e. The second kappa shape index (κ2) is 7.14. The van der Waals surface area contributed by atoms with Gasteiger partial charge in [-0.2, -0.15) is 0 Å². The Morgan fingerprint density at radius 1 is 1.12 bits per heavy atom. The first-order chi connectivity index (χ1) is 11.3. The molecule has 0 saturated heterocycles. The fraction of sp³-hybridized carbons (Fsp3) is 0.222. The Kier molecular flexibility index (Phi) is 5.21. The van der Waals surface area contributed by atoms with E-state index in [-0.39, 0.29) is 11.1 Å². The molecule has 0 aliphatic carbocycles. The summed E-state index contributed by atoms with van der Waals surface area (Å²) in [4.78, 5) is 24.2. The van der Waals surface area contributed by atoms with Gasteiger partial charge >= 0.3 is 0 Å². The van der Waals surface area contributed by atoms with E-state index in [1.165, 1.54) is 12.3 Å². The molecule has 0 aliphatic rings. The monoisotopic (exact) mass is 327 g/mol. The Morgan fingerprint density at radius 2 is 1.79 bits per heavy atom. The molecule has 0 unspecified atom stereocenters. The highest BCUT2D eigenvalue weighted by Crippen LogP contribution is 2.22. The van der Waals surface area contributed by atoms with E-state index in [4.69, 9.17) is 10.3 Å². The molecule has 126 valence electrons. The van der Waals surface area contributed by atoms with Gasteiger partial charge < -0.3 is 9.73 Å². The first-order valence-corrected chi connectivity index (χ1v) is 7.49. The average Bonchev–Trinajstić information content (AvgIpc) is 3.05. The van der Waals surface area contributed by atoms with Crippen LogP contribution in [0.1, 0.15) is 42.5 Å². The van der Waals surface area contributed by atoms with Gasteiger partial charge in [0.05, 0.1) is 6.26 Å². The molecule has 0 bridgehead atoms. The standard InChI is InChI=1S/C18H21N3O3/c1-18(2,3)13-8-6-12(7-9-13)16(22)20-15(17(23)21-19)11-14-5-4-10-24-14/h4-11H,19H2,1-3H3,(H,20,22)(H,21,23). The molecule has 1 aromatic carbocycles. The van der Waals surface area contributed by atoms with E-state index in [9.17, 15) is 9.59 Å². The zero-order valence-electron chi connectivity index (χ0n) is 13.9. The fourth-order valence-electron chi connectivity index (χ4n) is 2.07. The number of carbonyl (C=O) groups excluding carboxylic acids is 2. The van der Waals surface area contributed by atoms with Crippen LogP contribution >= 0.6 is 0 Å². The minimum absolute atomic E-state index is 0.00120. The highest BCUT2D eigenvalue weighted by atomic mass is 16.3. The topological polar surface area (TPSA) is 97.4 Å². The molecule has 6 nitrogen and oxygen atoms in total. The van der Waals surface area contributed by atoms with Crippen LogP contribution in [0, 0.1) is 0 Å². The summed E-state index contributed by atoms with van der Waals surface area (Å²) in [5.41, 5.74) is 3.55. The first kappa shape index (κ1) is 17.5. The van der Waals surface area contributed by atoms with E-state index in [2.05, 4.69) is 26.1 Å². The molecule has 1 heterocycles. The Bertz CT molecular complexity index is 739. The predicted molar refractivity (Wildman–Crippen MR) is 91.6 cm³/mol. The highest BCUT2D eigenvalue weighted by Gasteiger charge is 2.16. The SMILES string of the molecule is CC(C)(C)c1ccc(C(=O)NC(=Cc2ccco2)C(=O)NN)cc1. The number of nitrogens with two attached hydrogens (primary N) is 1. The second-order valence-electron chi connectivity index (χ2n) is 6.33. The number of benzene rings is 1. The molecule has 2 rings (SSSR count). The van der Waals surface area contributed by atoms with Crippen molar-refractivity contribution in [2.75, 3.05) is 0 Å². The van der Waals surface area contributed by atoms with Crippen LogP contribution in [0.5, 0.6) is 0 Å². The molecule has 4 N–H and O–H groups in total. The Labute approximate surface area is 140 Å². The third-order valence-corrected chi connectivity index (χ3v) is 3.47. The van der Waals surface area contributed by atoms with Crippen molar-refractivity contribution in [2.24, 2.45) is 5.84 Å². The summed E-state index contributed by atoms with van der Waals surface area (Å²) in [6, 6.07) is 10.6. The molecule has 0 aliphatic heterocycles. The molecule has 2 aromatic rings. The lowest BCUT2D eigenvalue weighted by Crippen LogP contribution is -2.38. The molecule has 0 radical (unpaired) electrons. The normalized spacial score (nSPS) is 11.9. The maximum absolute atomic E-state index is 12.4. The lowest BCUT2D eigenvalue weighted by atomic mass is 9.87. The van der Waals surface area contributed by atoms with Gasteiger partial charge in [-0.25, -0.2) is 5.84 Å². The minimum atomic E-state index is -0.619. The van der Waals surface area contributed by atoms with Crippen LogP contribution in [-0.2, 0) is 10.2 Å². The summed E-state index contributed by atoms with van der Waals surface area (Å²) in [5, 5.41) is 2.55. The number of nitrogens with one attached hydrogen (secondary N) is 2. The fourth-order valence-corrected chi connectivity index (χ4v) is 2.07. The summed E-state index contributed by atoms with van der Waals surface area (Å²) in [7, 11) is 0. The molecule has 24 heavy (non-hydrogen) atoms. The molecule has 0 spiro atoms. The number of amides is 2. The van der Waals surface area contributed by atoms with Crippen molar-refractivity contribution >= 4 is 17.9 Å². The molecule has 0 atom stereocenters. The van der Waals surface area contributed by atoms with Crippen LogP contribution in [0.2, 0.25) is 0 Å². The van der Waals surface area contributed by atoms with Gasteiger partial charge in [0.25, 0.3) is 11.8 Å². The maximum atomic E-state index is 12.4. The summed E-state index contributed by atoms with van der Waals surface area (Å²) < 4.78 is 5.15. The van der Waals surface area contributed by atoms with E-state index in [0.717, 1.165) is 5.56 Å². The van der Waals surface area contributed by atoms with E-state index in [1.807, 2.05) is 17.6 Å². The van der Waals surface area contributed by atoms with Gasteiger partial charge in [-0.1, -0.05) is 32.9 Å². The van der Waals surface area contributed by atoms with Crippen molar-refractivity contribution in [1.29, 1.82) is 0 Å². The molecule has 0 saturated carbocycles. The van der Waals surface area contributed by atoms with Gasteiger partial charge in [-0.05, 0) is 35.2 Å². The quantitative estimate of drug-likeness (QED) is 0.347. The minimum Gasteiger partial charge on any atom is -0.465 e. The zero-order valence-corrected chi connectivity index (χ0v) is 13.9. The first-order valence-electron chi connectivity index (χ1n) is 7.49. The molecular formula is C18H21N3O3. The lowest BCUT2D eigenvalue weighted by Gasteiger charge is -2.19. The lowest BCUT2D eigenvalue weighted by molar-refractivity contribution is -0.117. The zero-order chi connectivity index (χ0) is 17.7. The van der Waals surface area contributed by atoms with Gasteiger partial charge in [-0.15, -0.1) is 0 Å². The molecule has 1 aromatic heterocycles. The van der Waals surface area contributed by atoms with E-state index in [0.29, 0.717) is 11.3 Å². The van der Waals surface area contributed by atoms with Gasteiger partial charge in [0.15, 0.2) is 0 Å². The van der Waals surface area contributed by atoms with Gasteiger partial charge in [0.2, 0.25) is 0 Å². The van der Waals surface area contributed by atoms with Crippen LogP contribution in [0.15, 0.2) is 52.8 Å². The van der Waals surface area contributed by atoms with Crippen molar-refractivity contribution in [2.45, 2.75) is 26.2 Å². The molecular weight excluding hydrogens is 306 g/mol. The highest BCUT2D eigenvalue weighted by molar-refractivity contribution is 6.04. The van der Waals surface area contributed by atoms with Gasteiger partial charge in [0.1, 0.15) is 11.5 Å². The summed E-state index contributed by atoms with van der Waals surface area (Å²) in [6.07, 6.45) is 2.88. The number of hydrogen-bond donors (Lipinski definition) is 3. The summed E-state index contributed by atoms with van der Waals surface area (Å²) in [6.45, 7) is 6.29. The van der Waals surface area contributed by atoms with Gasteiger partial charge in [-0.3, -0.25) is 15.0 Å². The van der Waals surface area contributed by atoms with Crippen LogP contribution in [0.25, 0.3) is 6.08 Å². The van der Waals surface area contributed by atoms with Crippen molar-refractivity contribution in [3.63, 3.8) is 0 Å². The predicted octanol–water partition coefficient (Wildman–Crippen LogP) is 2.34. The van der Waals surface area contributed by atoms with Crippen LogP contribution in [0.3, 0.4) is 0 Å². The third-order valence-electron chi connectivity index (χ3n) is 3.47. The summed E-state index contributed by atoms with van der Waals surface area (Å²) >= 11 is 0. The molecule has 0 fully saturated rings. The molecule has 6 heteroatoms. The summed E-state index contributed by atoms with van der Waals surface area (Å²) in [5.74, 6) is 4.56. The van der Waals surface area contributed by atoms with Crippen LogP contribution in [0.4, 0.5) is 0 Å². The number of furan rings is 1. The second-order valence-corrected chi connectivity index (χ2v) is 6.33. The average molecular weight is 327 g/mol. The largest absolute Gasteiger partial charge is 0.465 e. The van der Waals surface area contributed by atoms with Crippen LogP contribution in [-0.4, -0.2) is 11.8 Å². The van der Waals surface area contributed by atoms with E-state index in [1.54, 1.807) is 24.3 Å². The van der Waals surface area contributed by atoms with E-state index < -0.39 is 11.8 Å². The third kappa shape index (κ3) is 4.33. The van der Waals surface area contributed by atoms with E-state index >= 15 is 0 Å². The molecule has 2 amide bonds. The van der Waals surface area contributed by atoms with Crippen molar-refractivity contribution < 1.29 is 14.0 Å². The Hall–Kier alpha value is -2.86. The van der Waals surface area contributed by atoms with Crippen molar-refractivity contribution in [3.05, 3.63) is 65.2 Å². The number of rotatable bonds is 4. The number of hydrogen-bond acceptors (Lipinski definition) is 4. The number of hydrazine groups is 1. The Balaban J connectivity index is 2.20. The van der Waals surface area contributed by atoms with Crippen LogP contribution < -0.4 is 16.6 Å². The van der Waals surface area contributed by atoms with Crippen molar-refractivity contribution in [1.82, 2.24) is 10.7 Å². The van der Waals surface area contributed by atoms with Gasteiger partial charge in [0, 0.05) is 11.6 Å². The number of carbonyl (C=O) groups is 2. The smallest absolute Gasteiger partial charge is 0.281 e.